The molecule has 0 bridgehead atoms. The van der Waals surface area contributed by atoms with Gasteiger partial charge in [0.1, 0.15) is 6.33 Å². The van der Waals surface area contributed by atoms with Crippen LogP contribution in [0, 0.1) is 0 Å². The van der Waals surface area contributed by atoms with Gasteiger partial charge >= 0.3 is 0 Å². The van der Waals surface area contributed by atoms with Crippen LogP contribution in [0.1, 0.15) is 43.7 Å². The highest BCUT2D eigenvalue weighted by Crippen LogP contribution is 2.22. The Morgan fingerprint density at radius 2 is 2.29 bits per heavy atom. The van der Waals surface area contributed by atoms with Crippen molar-refractivity contribution in [3.05, 3.63) is 24.3 Å². The van der Waals surface area contributed by atoms with Crippen molar-refractivity contribution in [2.24, 2.45) is 0 Å². The Balaban J connectivity index is 1.75. The molecule has 0 radical (unpaired) electrons. The van der Waals surface area contributed by atoms with E-state index in [1.165, 1.54) is 31.2 Å². The summed E-state index contributed by atoms with van der Waals surface area (Å²) in [6.07, 6.45) is 11.8. The molecule has 94 valence electrons. The number of hydrogen-bond acceptors (Lipinski definition) is 4. The van der Waals surface area contributed by atoms with Crippen LogP contribution >= 0.6 is 0 Å². The lowest BCUT2D eigenvalue weighted by Gasteiger charge is -2.16. The van der Waals surface area contributed by atoms with Crippen molar-refractivity contribution in [3.8, 4) is 0 Å². The third-order valence-corrected chi connectivity index (χ3v) is 3.37. The standard InChI is InChI=1S/C13H21N3O/c1-14-13(11-8-15-10-16-9-11)6-2-4-12-5-3-7-17-12/h8-10,12-14H,2-7H2,1H3. The maximum Gasteiger partial charge on any atom is 0.115 e. The summed E-state index contributed by atoms with van der Waals surface area (Å²) in [5, 5.41) is 3.32. The van der Waals surface area contributed by atoms with E-state index in [1.54, 1.807) is 6.33 Å². The first-order valence-corrected chi connectivity index (χ1v) is 6.44. The second-order valence-corrected chi connectivity index (χ2v) is 4.58. The van der Waals surface area contributed by atoms with Crippen LogP contribution in [0.25, 0.3) is 0 Å². The fourth-order valence-corrected chi connectivity index (χ4v) is 2.39. The highest BCUT2D eigenvalue weighted by Gasteiger charge is 2.16. The number of ether oxygens (including phenoxy) is 1. The van der Waals surface area contributed by atoms with Gasteiger partial charge < -0.3 is 10.1 Å². The second-order valence-electron chi connectivity index (χ2n) is 4.58. The Morgan fingerprint density at radius 3 is 2.94 bits per heavy atom. The van der Waals surface area contributed by atoms with Gasteiger partial charge in [0.05, 0.1) is 6.10 Å². The zero-order chi connectivity index (χ0) is 11.9. The van der Waals surface area contributed by atoms with E-state index in [9.17, 15) is 0 Å². The van der Waals surface area contributed by atoms with E-state index < -0.39 is 0 Å². The molecule has 0 aromatic carbocycles. The summed E-state index contributed by atoms with van der Waals surface area (Å²) >= 11 is 0. The molecule has 0 spiro atoms. The van der Waals surface area contributed by atoms with Crippen LogP contribution in [0.15, 0.2) is 18.7 Å². The lowest BCUT2D eigenvalue weighted by Crippen LogP contribution is -2.17. The van der Waals surface area contributed by atoms with Gasteiger partial charge in [-0.25, -0.2) is 9.97 Å². The van der Waals surface area contributed by atoms with Crippen LogP contribution in [-0.4, -0.2) is 29.7 Å². The molecule has 1 saturated heterocycles. The van der Waals surface area contributed by atoms with E-state index in [-0.39, 0.29) is 0 Å². The van der Waals surface area contributed by atoms with Crippen molar-refractivity contribution in [2.75, 3.05) is 13.7 Å². The SMILES string of the molecule is CNC(CCCC1CCCO1)c1cncnc1. The van der Waals surface area contributed by atoms with Crippen LogP contribution in [0.3, 0.4) is 0 Å². The first-order valence-electron chi connectivity index (χ1n) is 6.44. The van der Waals surface area contributed by atoms with Crippen LogP contribution < -0.4 is 5.32 Å². The molecule has 2 unspecified atom stereocenters. The predicted molar refractivity (Wildman–Crippen MR) is 66.7 cm³/mol. The van der Waals surface area contributed by atoms with E-state index in [0.29, 0.717) is 12.1 Å². The fraction of sp³-hybridized carbons (Fsp3) is 0.692. The third kappa shape index (κ3) is 3.75. The van der Waals surface area contributed by atoms with Crippen molar-refractivity contribution >= 4 is 0 Å². The molecule has 1 N–H and O–H groups in total. The summed E-state index contributed by atoms with van der Waals surface area (Å²) in [4.78, 5) is 8.13. The Bertz CT molecular complexity index is 312. The van der Waals surface area contributed by atoms with Gasteiger partial charge in [-0.05, 0) is 39.2 Å². The predicted octanol–water partition coefficient (Wildman–Crippen LogP) is 2.09. The van der Waals surface area contributed by atoms with Crippen molar-refractivity contribution in [3.63, 3.8) is 0 Å². The van der Waals surface area contributed by atoms with Gasteiger partial charge in [0.25, 0.3) is 0 Å². The molecule has 2 atom stereocenters. The van der Waals surface area contributed by atoms with E-state index in [0.717, 1.165) is 13.0 Å². The molecule has 1 aliphatic rings. The van der Waals surface area contributed by atoms with E-state index in [4.69, 9.17) is 4.74 Å². The normalized spacial score (nSPS) is 21.6. The van der Waals surface area contributed by atoms with Gasteiger partial charge in [-0.2, -0.15) is 0 Å². The topological polar surface area (TPSA) is 47.0 Å². The zero-order valence-corrected chi connectivity index (χ0v) is 10.4. The molecule has 2 rings (SSSR count). The molecule has 2 heterocycles. The highest BCUT2D eigenvalue weighted by atomic mass is 16.5. The molecule has 1 fully saturated rings. The lowest BCUT2D eigenvalue weighted by molar-refractivity contribution is 0.101. The minimum atomic E-state index is 0.359. The molecule has 0 aliphatic carbocycles. The van der Waals surface area contributed by atoms with Crippen molar-refractivity contribution < 1.29 is 4.74 Å². The molecule has 0 amide bonds. The van der Waals surface area contributed by atoms with E-state index >= 15 is 0 Å². The first-order chi connectivity index (χ1) is 8.40. The molecule has 4 heteroatoms. The summed E-state index contributed by atoms with van der Waals surface area (Å²) in [5.41, 5.74) is 1.17. The maximum absolute atomic E-state index is 5.63. The third-order valence-electron chi connectivity index (χ3n) is 3.37. The van der Waals surface area contributed by atoms with Crippen LogP contribution in [0.5, 0.6) is 0 Å². The summed E-state index contributed by atoms with van der Waals surface area (Å²) in [5.74, 6) is 0. The molecular weight excluding hydrogens is 214 g/mol. The Labute approximate surface area is 103 Å². The van der Waals surface area contributed by atoms with Crippen molar-refractivity contribution in [2.45, 2.75) is 44.2 Å². The summed E-state index contributed by atoms with van der Waals surface area (Å²) in [6, 6.07) is 0.359. The molecule has 17 heavy (non-hydrogen) atoms. The highest BCUT2D eigenvalue weighted by molar-refractivity contribution is 5.08. The monoisotopic (exact) mass is 235 g/mol. The summed E-state index contributed by atoms with van der Waals surface area (Å²) in [6.45, 7) is 0.951. The van der Waals surface area contributed by atoms with Crippen molar-refractivity contribution in [1.29, 1.82) is 0 Å². The Morgan fingerprint density at radius 1 is 1.47 bits per heavy atom. The van der Waals surface area contributed by atoms with E-state index in [2.05, 4.69) is 15.3 Å². The molecular formula is C13H21N3O. The average molecular weight is 235 g/mol. The van der Waals surface area contributed by atoms with Crippen LogP contribution in [-0.2, 0) is 4.74 Å². The minimum Gasteiger partial charge on any atom is -0.378 e. The number of rotatable bonds is 6. The minimum absolute atomic E-state index is 0.359. The second kappa shape index (κ2) is 6.67. The largest absolute Gasteiger partial charge is 0.378 e. The Kier molecular flexibility index (Phi) is 4.88. The van der Waals surface area contributed by atoms with Gasteiger partial charge in [0, 0.05) is 30.6 Å². The molecule has 1 aromatic rings. The molecule has 1 aliphatic heterocycles. The summed E-state index contributed by atoms with van der Waals surface area (Å²) in [7, 11) is 1.99. The molecule has 0 saturated carbocycles. The van der Waals surface area contributed by atoms with E-state index in [1.807, 2.05) is 19.4 Å². The smallest absolute Gasteiger partial charge is 0.115 e. The number of nitrogens with one attached hydrogen (secondary N) is 1. The quantitative estimate of drug-likeness (QED) is 0.820. The number of hydrogen-bond donors (Lipinski definition) is 1. The number of aromatic nitrogens is 2. The fourth-order valence-electron chi connectivity index (χ4n) is 2.39. The van der Waals surface area contributed by atoms with Crippen LogP contribution in [0.2, 0.25) is 0 Å². The first kappa shape index (κ1) is 12.5. The van der Waals surface area contributed by atoms with Gasteiger partial charge in [-0.1, -0.05) is 0 Å². The van der Waals surface area contributed by atoms with Gasteiger partial charge in [0.2, 0.25) is 0 Å². The van der Waals surface area contributed by atoms with Crippen molar-refractivity contribution in [1.82, 2.24) is 15.3 Å². The Hall–Kier alpha value is -1.00. The maximum atomic E-state index is 5.63. The van der Waals surface area contributed by atoms with Gasteiger partial charge in [-0.15, -0.1) is 0 Å². The van der Waals surface area contributed by atoms with Gasteiger partial charge in [0.15, 0.2) is 0 Å². The average Bonchev–Trinajstić information content (AvgIpc) is 2.89. The summed E-state index contributed by atoms with van der Waals surface area (Å²) < 4.78 is 5.63. The number of nitrogens with zero attached hydrogens (tertiary/aromatic N) is 2. The molecule has 1 aromatic heterocycles. The lowest BCUT2D eigenvalue weighted by atomic mass is 10.0. The van der Waals surface area contributed by atoms with Gasteiger partial charge in [-0.3, -0.25) is 0 Å². The zero-order valence-electron chi connectivity index (χ0n) is 10.4. The van der Waals surface area contributed by atoms with Crippen LogP contribution in [0.4, 0.5) is 0 Å². The molecule has 4 nitrogen and oxygen atoms in total.